The summed E-state index contributed by atoms with van der Waals surface area (Å²) in [4.78, 5) is 14.8. The molecule has 0 spiro atoms. The molecule has 7 nitrogen and oxygen atoms in total. The number of rotatable bonds is 9. The number of nitrogens with two attached hydrogens (primary N) is 1. The van der Waals surface area contributed by atoms with E-state index in [1.807, 2.05) is 18.2 Å². The van der Waals surface area contributed by atoms with Crippen LogP contribution in [0.25, 0.3) is 11.1 Å². The second-order valence-corrected chi connectivity index (χ2v) is 6.62. The summed E-state index contributed by atoms with van der Waals surface area (Å²) in [6.07, 6.45) is 1.72. The number of nitrogens with zero attached hydrogens (tertiary/aromatic N) is 2. The largest absolute Gasteiger partial charge is 0.465 e. The predicted molar refractivity (Wildman–Crippen MR) is 106 cm³/mol. The zero-order valence-electron chi connectivity index (χ0n) is 15.5. The van der Waals surface area contributed by atoms with Crippen LogP contribution in [0.3, 0.4) is 0 Å². The molecule has 3 aromatic rings. The van der Waals surface area contributed by atoms with Crippen LogP contribution < -0.4 is 11.1 Å². The van der Waals surface area contributed by atoms with Gasteiger partial charge in [-0.25, -0.2) is 4.79 Å². The maximum absolute atomic E-state index is 10.4. The van der Waals surface area contributed by atoms with Crippen molar-refractivity contribution in [2.45, 2.75) is 31.7 Å². The van der Waals surface area contributed by atoms with Crippen LogP contribution in [-0.4, -0.2) is 27.9 Å². The van der Waals surface area contributed by atoms with E-state index < -0.39 is 6.09 Å². The second kappa shape index (κ2) is 9.66. The highest BCUT2D eigenvalue weighted by molar-refractivity contribution is 5.64. The average molecular weight is 380 g/mol. The fourth-order valence-corrected chi connectivity index (χ4v) is 2.93. The molecule has 4 N–H and O–H groups in total. The molecule has 28 heavy (non-hydrogen) atoms. The van der Waals surface area contributed by atoms with Crippen molar-refractivity contribution in [3.8, 4) is 11.1 Å². The Morgan fingerprint density at radius 1 is 1.07 bits per heavy atom. The van der Waals surface area contributed by atoms with Gasteiger partial charge in [0.25, 0.3) is 0 Å². The Labute approximate surface area is 163 Å². The van der Waals surface area contributed by atoms with Crippen LogP contribution in [0.5, 0.6) is 0 Å². The van der Waals surface area contributed by atoms with Gasteiger partial charge in [0.05, 0.1) is 6.04 Å². The van der Waals surface area contributed by atoms with Crippen molar-refractivity contribution < 1.29 is 14.4 Å². The lowest BCUT2D eigenvalue weighted by atomic mass is 10.0. The Kier molecular flexibility index (Phi) is 6.75. The Hall–Kier alpha value is -3.19. The lowest BCUT2D eigenvalue weighted by Gasteiger charge is -2.06. The van der Waals surface area contributed by atoms with E-state index >= 15 is 0 Å². The molecule has 1 aromatic heterocycles. The lowest BCUT2D eigenvalue weighted by molar-refractivity contribution is 0.194. The maximum atomic E-state index is 10.4. The van der Waals surface area contributed by atoms with Crippen LogP contribution in [0.4, 0.5) is 4.79 Å². The molecule has 0 aliphatic carbocycles. The Balaban J connectivity index is 1.50. The van der Waals surface area contributed by atoms with Crippen molar-refractivity contribution in [3.63, 3.8) is 0 Å². The second-order valence-electron chi connectivity index (χ2n) is 6.62. The fraction of sp³-hybridized carbons (Fsp3) is 0.286. The summed E-state index contributed by atoms with van der Waals surface area (Å²) in [5.74, 6) is 1.02. The zero-order valence-corrected chi connectivity index (χ0v) is 15.5. The molecule has 0 aliphatic rings. The summed E-state index contributed by atoms with van der Waals surface area (Å²) in [6.45, 7) is 0.413. The average Bonchev–Trinajstić information content (AvgIpc) is 3.17. The third-order valence-corrected chi connectivity index (χ3v) is 4.44. The first kappa shape index (κ1) is 19.6. The standard InChI is InChI=1S/C21H24N4O3/c22-18(8-4-5-13-23-21(26)27)20-24-19(25-28-20)14-15-9-11-17(12-10-15)16-6-2-1-3-7-16/h1-3,6-7,9-12,18,23H,4-5,8,13-14,22H2,(H,26,27). The monoisotopic (exact) mass is 380 g/mol. The highest BCUT2D eigenvalue weighted by Crippen LogP contribution is 2.20. The van der Waals surface area contributed by atoms with Gasteiger partial charge in [0, 0.05) is 13.0 Å². The van der Waals surface area contributed by atoms with Crippen molar-refractivity contribution in [2.75, 3.05) is 6.54 Å². The third kappa shape index (κ3) is 5.65. The molecule has 146 valence electrons. The van der Waals surface area contributed by atoms with Gasteiger partial charge in [-0.3, -0.25) is 0 Å². The molecule has 0 aliphatic heterocycles. The van der Waals surface area contributed by atoms with Crippen LogP contribution >= 0.6 is 0 Å². The SMILES string of the molecule is NC(CCCCNC(=O)O)c1nc(Cc2ccc(-c3ccccc3)cc2)no1. The summed E-state index contributed by atoms with van der Waals surface area (Å²) in [5, 5.41) is 14.9. The lowest BCUT2D eigenvalue weighted by Crippen LogP contribution is -2.22. The molecule has 0 bridgehead atoms. The molecule has 1 amide bonds. The number of carboxylic acid groups (broad SMARTS) is 1. The summed E-state index contributed by atoms with van der Waals surface area (Å²) >= 11 is 0. The van der Waals surface area contributed by atoms with Gasteiger partial charge in [0.2, 0.25) is 5.89 Å². The van der Waals surface area contributed by atoms with E-state index in [2.05, 4.69) is 51.9 Å². The normalized spacial score (nSPS) is 11.9. The van der Waals surface area contributed by atoms with E-state index in [0.717, 1.165) is 24.0 Å². The number of aromatic nitrogens is 2. The molecule has 1 unspecified atom stereocenters. The molecule has 0 saturated carbocycles. The first-order valence-electron chi connectivity index (χ1n) is 9.31. The van der Waals surface area contributed by atoms with Crippen LogP contribution in [0, 0.1) is 0 Å². The van der Waals surface area contributed by atoms with E-state index in [1.165, 1.54) is 5.56 Å². The topological polar surface area (TPSA) is 114 Å². The molecule has 0 radical (unpaired) electrons. The molecular weight excluding hydrogens is 356 g/mol. The van der Waals surface area contributed by atoms with Crippen LogP contribution in [-0.2, 0) is 6.42 Å². The van der Waals surface area contributed by atoms with Crippen molar-refractivity contribution in [3.05, 3.63) is 71.9 Å². The molecule has 1 heterocycles. The Morgan fingerprint density at radius 2 is 1.79 bits per heavy atom. The van der Waals surface area contributed by atoms with Crippen LogP contribution in [0.2, 0.25) is 0 Å². The van der Waals surface area contributed by atoms with Crippen molar-refractivity contribution in [2.24, 2.45) is 5.73 Å². The highest BCUT2D eigenvalue weighted by Gasteiger charge is 2.15. The number of unbranched alkanes of at least 4 members (excludes halogenated alkanes) is 1. The Morgan fingerprint density at radius 3 is 2.50 bits per heavy atom. The molecule has 2 aromatic carbocycles. The maximum Gasteiger partial charge on any atom is 0.404 e. The molecule has 0 saturated heterocycles. The Bertz CT molecular complexity index is 878. The van der Waals surface area contributed by atoms with Crippen molar-refractivity contribution in [1.29, 1.82) is 0 Å². The quantitative estimate of drug-likeness (QED) is 0.487. The summed E-state index contributed by atoms with van der Waals surface area (Å²) in [5.41, 5.74) is 9.54. The first-order valence-corrected chi connectivity index (χ1v) is 9.31. The number of carbonyl (C=O) groups is 1. The van der Waals surface area contributed by atoms with Gasteiger partial charge < -0.3 is 20.7 Å². The molecular formula is C21H24N4O3. The van der Waals surface area contributed by atoms with Gasteiger partial charge >= 0.3 is 6.09 Å². The summed E-state index contributed by atoms with van der Waals surface area (Å²) in [7, 11) is 0. The fourth-order valence-electron chi connectivity index (χ4n) is 2.93. The zero-order chi connectivity index (χ0) is 19.8. The van der Waals surface area contributed by atoms with E-state index in [4.69, 9.17) is 15.4 Å². The van der Waals surface area contributed by atoms with Crippen molar-refractivity contribution >= 4 is 6.09 Å². The van der Waals surface area contributed by atoms with E-state index in [0.29, 0.717) is 31.1 Å². The molecule has 1 atom stereocenters. The summed E-state index contributed by atoms with van der Waals surface area (Å²) in [6, 6.07) is 18.2. The van der Waals surface area contributed by atoms with E-state index in [-0.39, 0.29) is 6.04 Å². The highest BCUT2D eigenvalue weighted by atomic mass is 16.5. The molecule has 3 rings (SSSR count). The smallest absolute Gasteiger partial charge is 0.404 e. The van der Waals surface area contributed by atoms with Crippen molar-refractivity contribution in [1.82, 2.24) is 15.5 Å². The number of hydrogen-bond acceptors (Lipinski definition) is 5. The van der Waals surface area contributed by atoms with E-state index in [1.54, 1.807) is 0 Å². The minimum absolute atomic E-state index is 0.341. The summed E-state index contributed by atoms with van der Waals surface area (Å²) < 4.78 is 5.29. The van der Waals surface area contributed by atoms with Gasteiger partial charge in [-0.15, -0.1) is 0 Å². The minimum atomic E-state index is -1.01. The van der Waals surface area contributed by atoms with E-state index in [9.17, 15) is 4.79 Å². The van der Waals surface area contributed by atoms with Gasteiger partial charge in [0.15, 0.2) is 5.82 Å². The number of amides is 1. The number of benzene rings is 2. The van der Waals surface area contributed by atoms with Gasteiger partial charge in [-0.2, -0.15) is 4.98 Å². The molecule has 0 fully saturated rings. The van der Waals surface area contributed by atoms with Gasteiger partial charge in [-0.05, 0) is 36.0 Å². The first-order chi connectivity index (χ1) is 13.6. The van der Waals surface area contributed by atoms with Gasteiger partial charge in [-0.1, -0.05) is 59.8 Å². The minimum Gasteiger partial charge on any atom is -0.465 e. The predicted octanol–water partition coefficient (Wildman–Crippen LogP) is 3.77. The third-order valence-electron chi connectivity index (χ3n) is 4.44. The van der Waals surface area contributed by atoms with Crippen LogP contribution in [0.1, 0.15) is 42.6 Å². The van der Waals surface area contributed by atoms with Gasteiger partial charge in [0.1, 0.15) is 0 Å². The van der Waals surface area contributed by atoms with Crippen LogP contribution in [0.15, 0.2) is 59.1 Å². The number of hydrogen-bond donors (Lipinski definition) is 3. The number of nitrogens with one attached hydrogen (secondary N) is 1. The molecule has 7 heteroatoms.